The standard InChI is InChI=1S/C23H29N3O2/c1-28-22-12-5-4-11-21(22)26-15-13-25(14-16-26)17-23(27)24-20-10-6-8-18-7-2-3-9-19(18)20/h2-5,7,9,11-12,20H,6,8,10,13-17H2,1H3,(H,24,27)/p+1/t20-/m0/s1. The van der Waals surface area contributed by atoms with Crippen molar-refractivity contribution in [1.82, 2.24) is 5.32 Å². The second-order valence-corrected chi connectivity index (χ2v) is 7.80. The number of nitrogens with zero attached hydrogens (tertiary/aromatic N) is 1. The predicted octanol–water partition coefficient (Wildman–Crippen LogP) is 1.59. The number of anilines is 1. The molecule has 1 heterocycles. The number of amides is 1. The van der Waals surface area contributed by atoms with Gasteiger partial charge in [0.15, 0.2) is 6.54 Å². The Morgan fingerprint density at radius 2 is 1.89 bits per heavy atom. The third-order valence-corrected chi connectivity index (χ3v) is 6.01. The van der Waals surface area contributed by atoms with Crippen LogP contribution in [-0.4, -0.2) is 45.7 Å². The number of nitrogens with one attached hydrogen (secondary N) is 2. The lowest BCUT2D eigenvalue weighted by Crippen LogP contribution is -3.16. The molecule has 2 aliphatic rings. The number of aryl methyl sites for hydroxylation is 1. The predicted molar refractivity (Wildman–Crippen MR) is 111 cm³/mol. The highest BCUT2D eigenvalue weighted by Crippen LogP contribution is 2.29. The summed E-state index contributed by atoms with van der Waals surface area (Å²) >= 11 is 0. The molecule has 4 rings (SSSR count). The van der Waals surface area contributed by atoms with Crippen LogP contribution in [0, 0.1) is 0 Å². The SMILES string of the molecule is COc1ccccc1N1CC[NH+](CC(=O)N[C@H]2CCCc3ccccc32)CC1. The van der Waals surface area contributed by atoms with E-state index in [9.17, 15) is 4.79 Å². The van der Waals surface area contributed by atoms with Crippen LogP contribution in [0.5, 0.6) is 5.75 Å². The van der Waals surface area contributed by atoms with E-state index in [1.165, 1.54) is 16.0 Å². The second-order valence-electron chi connectivity index (χ2n) is 7.80. The molecule has 2 aromatic rings. The number of hydrogen-bond acceptors (Lipinski definition) is 3. The molecule has 0 aromatic heterocycles. The quantitative estimate of drug-likeness (QED) is 0.828. The molecule has 1 aliphatic carbocycles. The second kappa shape index (κ2) is 8.65. The lowest BCUT2D eigenvalue weighted by molar-refractivity contribution is -0.892. The van der Waals surface area contributed by atoms with Crippen LogP contribution >= 0.6 is 0 Å². The van der Waals surface area contributed by atoms with Crippen molar-refractivity contribution in [3.05, 3.63) is 59.7 Å². The minimum atomic E-state index is 0.169. The van der Waals surface area contributed by atoms with Crippen LogP contribution in [0.3, 0.4) is 0 Å². The first-order valence-electron chi connectivity index (χ1n) is 10.3. The number of piperazine rings is 1. The van der Waals surface area contributed by atoms with Gasteiger partial charge in [0.2, 0.25) is 0 Å². The van der Waals surface area contributed by atoms with Gasteiger partial charge in [-0.2, -0.15) is 0 Å². The molecule has 1 fully saturated rings. The molecule has 2 aromatic carbocycles. The maximum Gasteiger partial charge on any atom is 0.275 e. The van der Waals surface area contributed by atoms with Gasteiger partial charge in [-0.3, -0.25) is 4.79 Å². The first-order chi connectivity index (χ1) is 13.7. The van der Waals surface area contributed by atoms with Crippen LogP contribution in [0.4, 0.5) is 5.69 Å². The third kappa shape index (κ3) is 4.14. The smallest absolute Gasteiger partial charge is 0.275 e. The molecule has 1 atom stereocenters. The molecule has 0 saturated carbocycles. The van der Waals surface area contributed by atoms with Crippen LogP contribution in [0.15, 0.2) is 48.5 Å². The third-order valence-electron chi connectivity index (χ3n) is 6.01. The molecular weight excluding hydrogens is 350 g/mol. The van der Waals surface area contributed by atoms with Crippen molar-refractivity contribution in [3.63, 3.8) is 0 Å². The number of rotatable bonds is 5. The van der Waals surface area contributed by atoms with Gasteiger partial charge in [-0.1, -0.05) is 36.4 Å². The Kier molecular flexibility index (Phi) is 5.81. The van der Waals surface area contributed by atoms with Crippen LogP contribution < -0.4 is 19.9 Å². The summed E-state index contributed by atoms with van der Waals surface area (Å²) in [6.45, 7) is 4.36. The number of fused-ring (bicyclic) bond motifs is 1. The summed E-state index contributed by atoms with van der Waals surface area (Å²) in [6.07, 6.45) is 3.31. The largest absolute Gasteiger partial charge is 0.495 e. The zero-order chi connectivity index (χ0) is 19.3. The number of hydrogen-bond donors (Lipinski definition) is 2. The van der Waals surface area contributed by atoms with Crippen LogP contribution in [0.1, 0.15) is 30.0 Å². The highest BCUT2D eigenvalue weighted by Gasteiger charge is 2.26. The minimum Gasteiger partial charge on any atom is -0.495 e. The zero-order valence-electron chi connectivity index (χ0n) is 16.6. The zero-order valence-corrected chi connectivity index (χ0v) is 16.6. The van der Waals surface area contributed by atoms with Gasteiger partial charge in [-0.05, 0) is 42.5 Å². The maximum absolute atomic E-state index is 12.7. The van der Waals surface area contributed by atoms with Gasteiger partial charge < -0.3 is 19.9 Å². The summed E-state index contributed by atoms with van der Waals surface area (Å²) in [5.74, 6) is 1.09. The summed E-state index contributed by atoms with van der Waals surface area (Å²) in [5, 5.41) is 3.29. The molecule has 0 radical (unpaired) electrons. The molecule has 5 heteroatoms. The topological polar surface area (TPSA) is 46.0 Å². The number of carbonyl (C=O) groups is 1. The summed E-state index contributed by atoms with van der Waals surface area (Å²) in [4.78, 5) is 16.4. The average Bonchev–Trinajstić information content (AvgIpc) is 2.74. The van der Waals surface area contributed by atoms with E-state index in [1.54, 1.807) is 7.11 Å². The number of benzene rings is 2. The van der Waals surface area contributed by atoms with Crippen LogP contribution in [0.25, 0.3) is 0 Å². The molecular formula is C23H30N3O2+. The normalized spacial score (nSPS) is 19.8. The lowest BCUT2D eigenvalue weighted by atomic mass is 9.88. The summed E-state index contributed by atoms with van der Waals surface area (Å²) in [5.41, 5.74) is 3.84. The lowest BCUT2D eigenvalue weighted by Gasteiger charge is -2.34. The van der Waals surface area contributed by atoms with Gasteiger partial charge in [0, 0.05) is 0 Å². The van der Waals surface area contributed by atoms with E-state index in [1.807, 2.05) is 18.2 Å². The molecule has 1 amide bonds. The summed E-state index contributed by atoms with van der Waals surface area (Å²) in [6, 6.07) is 16.9. The number of para-hydroxylation sites is 2. The van der Waals surface area contributed by atoms with Gasteiger partial charge in [-0.25, -0.2) is 0 Å². The highest BCUT2D eigenvalue weighted by molar-refractivity contribution is 5.77. The first kappa shape index (κ1) is 18.8. The fourth-order valence-corrected chi connectivity index (χ4v) is 4.51. The van der Waals surface area contributed by atoms with E-state index in [4.69, 9.17) is 4.74 Å². The Labute approximate surface area is 167 Å². The summed E-state index contributed by atoms with van der Waals surface area (Å²) in [7, 11) is 1.72. The monoisotopic (exact) mass is 380 g/mol. The Morgan fingerprint density at radius 1 is 1.14 bits per heavy atom. The van der Waals surface area contributed by atoms with E-state index in [0.717, 1.165) is 56.9 Å². The van der Waals surface area contributed by atoms with Crippen molar-refractivity contribution in [2.24, 2.45) is 0 Å². The Hall–Kier alpha value is -2.53. The van der Waals surface area contributed by atoms with Gasteiger partial charge in [0.05, 0.1) is 45.0 Å². The van der Waals surface area contributed by atoms with Gasteiger partial charge in [-0.15, -0.1) is 0 Å². The number of ether oxygens (including phenoxy) is 1. The number of methoxy groups -OCH3 is 1. The molecule has 148 valence electrons. The van der Waals surface area contributed by atoms with Crippen molar-refractivity contribution in [1.29, 1.82) is 0 Å². The molecule has 0 bridgehead atoms. The van der Waals surface area contributed by atoms with Crippen molar-refractivity contribution in [2.45, 2.75) is 25.3 Å². The molecule has 1 aliphatic heterocycles. The molecule has 5 nitrogen and oxygen atoms in total. The molecule has 1 saturated heterocycles. The van der Waals surface area contributed by atoms with Crippen molar-refractivity contribution < 1.29 is 14.4 Å². The fraction of sp³-hybridized carbons (Fsp3) is 0.435. The van der Waals surface area contributed by atoms with Gasteiger partial charge in [0.1, 0.15) is 5.75 Å². The summed E-state index contributed by atoms with van der Waals surface area (Å²) < 4.78 is 5.49. The molecule has 0 spiro atoms. The first-order valence-corrected chi connectivity index (χ1v) is 10.3. The maximum atomic E-state index is 12.7. The van der Waals surface area contributed by atoms with E-state index < -0.39 is 0 Å². The Balaban J connectivity index is 1.30. The van der Waals surface area contributed by atoms with E-state index in [-0.39, 0.29) is 11.9 Å². The highest BCUT2D eigenvalue weighted by atomic mass is 16.5. The fourth-order valence-electron chi connectivity index (χ4n) is 4.51. The van der Waals surface area contributed by atoms with Crippen molar-refractivity contribution in [2.75, 3.05) is 44.7 Å². The molecule has 28 heavy (non-hydrogen) atoms. The van der Waals surface area contributed by atoms with Crippen molar-refractivity contribution >= 4 is 11.6 Å². The van der Waals surface area contributed by atoms with Crippen LogP contribution in [0.2, 0.25) is 0 Å². The van der Waals surface area contributed by atoms with Gasteiger partial charge in [0.25, 0.3) is 5.91 Å². The number of quaternary nitrogens is 1. The van der Waals surface area contributed by atoms with Gasteiger partial charge >= 0.3 is 0 Å². The Bertz CT molecular complexity index is 815. The number of carbonyl (C=O) groups excluding carboxylic acids is 1. The van der Waals surface area contributed by atoms with E-state index in [2.05, 4.69) is 40.5 Å². The van der Waals surface area contributed by atoms with E-state index in [0.29, 0.717) is 6.54 Å². The van der Waals surface area contributed by atoms with Crippen molar-refractivity contribution in [3.8, 4) is 5.75 Å². The Morgan fingerprint density at radius 3 is 2.71 bits per heavy atom. The van der Waals surface area contributed by atoms with Crippen LogP contribution in [-0.2, 0) is 11.2 Å². The average molecular weight is 381 g/mol. The van der Waals surface area contributed by atoms with E-state index >= 15 is 0 Å². The minimum absolute atomic E-state index is 0.169. The molecule has 2 N–H and O–H groups in total. The molecule has 0 unspecified atom stereocenters.